The molecule has 98 valence electrons. The van der Waals surface area contributed by atoms with Crippen LogP contribution in [0.15, 0.2) is 0 Å². The first-order chi connectivity index (χ1) is 7.54. The predicted octanol–water partition coefficient (Wildman–Crippen LogP) is 2.66. The quantitative estimate of drug-likeness (QED) is 0.726. The van der Waals surface area contributed by atoms with E-state index >= 15 is 0 Å². The SMILES string of the molecule is CC(=O)[C@@H]1CSC(C)(C)N1C(=O)OC(C)(C)C. The molecule has 1 heterocycles. The number of hydrogen-bond donors (Lipinski definition) is 0. The molecule has 0 saturated carbocycles. The van der Waals surface area contributed by atoms with E-state index in [1.807, 2.05) is 34.6 Å². The maximum absolute atomic E-state index is 12.1. The summed E-state index contributed by atoms with van der Waals surface area (Å²) < 4.78 is 5.36. The minimum Gasteiger partial charge on any atom is -0.444 e. The van der Waals surface area contributed by atoms with Gasteiger partial charge in [-0.05, 0) is 41.5 Å². The van der Waals surface area contributed by atoms with E-state index in [9.17, 15) is 9.59 Å². The Labute approximate surface area is 107 Å². The van der Waals surface area contributed by atoms with Gasteiger partial charge >= 0.3 is 6.09 Å². The summed E-state index contributed by atoms with van der Waals surface area (Å²) in [5, 5.41) is 0. The van der Waals surface area contributed by atoms with Crippen LogP contribution in [0.1, 0.15) is 41.5 Å². The van der Waals surface area contributed by atoms with Crippen molar-refractivity contribution >= 4 is 23.6 Å². The van der Waals surface area contributed by atoms with Gasteiger partial charge < -0.3 is 4.74 Å². The number of thioether (sulfide) groups is 1. The highest BCUT2D eigenvalue weighted by Crippen LogP contribution is 2.39. The molecule has 0 spiro atoms. The van der Waals surface area contributed by atoms with Gasteiger partial charge in [-0.1, -0.05) is 0 Å². The van der Waals surface area contributed by atoms with Gasteiger partial charge in [-0.2, -0.15) is 0 Å². The number of carbonyl (C=O) groups is 2. The van der Waals surface area contributed by atoms with Crippen LogP contribution in [0, 0.1) is 0 Å². The highest BCUT2D eigenvalue weighted by Gasteiger charge is 2.46. The largest absolute Gasteiger partial charge is 0.444 e. The van der Waals surface area contributed by atoms with Crippen LogP contribution in [0.4, 0.5) is 4.79 Å². The number of Topliss-reactive ketones (excluding diaryl/α,β-unsaturated/α-hetero) is 1. The normalized spacial score (nSPS) is 23.6. The second-order valence-electron chi connectivity index (χ2n) is 5.73. The fourth-order valence-electron chi connectivity index (χ4n) is 1.76. The summed E-state index contributed by atoms with van der Waals surface area (Å²) in [4.78, 5) is 24.9. The van der Waals surface area contributed by atoms with Crippen LogP contribution in [0.25, 0.3) is 0 Å². The molecule has 17 heavy (non-hydrogen) atoms. The summed E-state index contributed by atoms with van der Waals surface area (Å²) in [6, 6.07) is -0.371. The molecule has 1 aliphatic rings. The van der Waals surface area contributed by atoms with Gasteiger partial charge in [0.25, 0.3) is 0 Å². The van der Waals surface area contributed by atoms with E-state index in [4.69, 9.17) is 4.74 Å². The number of carbonyl (C=O) groups excluding carboxylic acids is 2. The molecule has 1 fully saturated rings. The number of ether oxygens (including phenoxy) is 1. The van der Waals surface area contributed by atoms with E-state index in [2.05, 4.69) is 0 Å². The maximum Gasteiger partial charge on any atom is 0.412 e. The van der Waals surface area contributed by atoms with E-state index < -0.39 is 16.6 Å². The van der Waals surface area contributed by atoms with Gasteiger partial charge in [0.05, 0.1) is 4.87 Å². The number of ketones is 1. The fraction of sp³-hybridized carbons (Fsp3) is 0.833. The van der Waals surface area contributed by atoms with Crippen LogP contribution in [0.2, 0.25) is 0 Å². The lowest BCUT2D eigenvalue weighted by Crippen LogP contribution is -2.51. The molecule has 4 nitrogen and oxygen atoms in total. The van der Waals surface area contributed by atoms with Gasteiger partial charge in [0.2, 0.25) is 0 Å². The second-order valence-corrected chi connectivity index (χ2v) is 7.36. The van der Waals surface area contributed by atoms with Crippen LogP contribution in [0.3, 0.4) is 0 Å². The highest BCUT2D eigenvalue weighted by molar-refractivity contribution is 8.00. The van der Waals surface area contributed by atoms with Crippen molar-refractivity contribution in [3.05, 3.63) is 0 Å². The molecule has 5 heteroatoms. The summed E-state index contributed by atoms with van der Waals surface area (Å²) in [5.74, 6) is 0.649. The van der Waals surface area contributed by atoms with Crippen LogP contribution in [-0.2, 0) is 9.53 Å². The Hall–Kier alpha value is -0.710. The summed E-state index contributed by atoms with van der Waals surface area (Å²) in [5.41, 5.74) is -0.540. The predicted molar refractivity (Wildman–Crippen MR) is 69.1 cm³/mol. The Morgan fingerprint density at radius 3 is 2.29 bits per heavy atom. The van der Waals surface area contributed by atoms with Crippen LogP contribution >= 0.6 is 11.8 Å². The van der Waals surface area contributed by atoms with Crippen molar-refractivity contribution in [3.63, 3.8) is 0 Å². The molecular formula is C12H21NO3S. The van der Waals surface area contributed by atoms with Crippen molar-refractivity contribution in [2.45, 2.75) is 58.1 Å². The molecule has 1 saturated heterocycles. The average molecular weight is 259 g/mol. The number of rotatable bonds is 1. The molecule has 0 aromatic carbocycles. The zero-order valence-electron chi connectivity index (χ0n) is 11.4. The molecule has 1 aliphatic heterocycles. The molecule has 0 radical (unpaired) electrons. The van der Waals surface area contributed by atoms with Crippen LogP contribution in [-0.4, -0.2) is 39.0 Å². The Morgan fingerprint density at radius 1 is 1.35 bits per heavy atom. The monoisotopic (exact) mass is 259 g/mol. The lowest BCUT2D eigenvalue weighted by molar-refractivity contribution is -0.121. The minimum atomic E-state index is -0.540. The molecule has 1 atom stereocenters. The highest BCUT2D eigenvalue weighted by atomic mass is 32.2. The summed E-state index contributed by atoms with van der Waals surface area (Å²) >= 11 is 1.60. The van der Waals surface area contributed by atoms with Crippen LogP contribution < -0.4 is 0 Å². The first-order valence-corrected chi connectivity index (χ1v) is 6.70. The van der Waals surface area contributed by atoms with Crippen molar-refractivity contribution in [1.82, 2.24) is 4.90 Å². The second kappa shape index (κ2) is 4.52. The van der Waals surface area contributed by atoms with Crippen molar-refractivity contribution in [2.24, 2.45) is 0 Å². The van der Waals surface area contributed by atoms with E-state index in [-0.39, 0.29) is 11.8 Å². The van der Waals surface area contributed by atoms with Crippen molar-refractivity contribution in [2.75, 3.05) is 5.75 Å². The standard InChI is InChI=1S/C12H21NO3S/c1-8(14)9-7-17-12(5,6)13(9)10(15)16-11(2,3)4/h9H,7H2,1-6H3/t9-/m0/s1. The first kappa shape index (κ1) is 14.4. The van der Waals surface area contributed by atoms with Gasteiger partial charge in [0.1, 0.15) is 11.6 Å². The fourth-order valence-corrected chi connectivity index (χ4v) is 3.05. The summed E-state index contributed by atoms with van der Waals surface area (Å²) in [7, 11) is 0. The Balaban J connectivity index is 2.90. The molecule has 0 unspecified atom stereocenters. The lowest BCUT2D eigenvalue weighted by Gasteiger charge is -2.35. The Morgan fingerprint density at radius 2 is 1.88 bits per heavy atom. The third-order valence-electron chi connectivity index (χ3n) is 2.55. The Kier molecular flexibility index (Phi) is 3.81. The topological polar surface area (TPSA) is 46.6 Å². The molecular weight excluding hydrogens is 238 g/mol. The molecule has 0 aliphatic carbocycles. The number of amides is 1. The maximum atomic E-state index is 12.1. The average Bonchev–Trinajstić information content (AvgIpc) is 2.37. The third kappa shape index (κ3) is 3.37. The number of hydrogen-bond acceptors (Lipinski definition) is 4. The zero-order chi connectivity index (χ0) is 13.4. The van der Waals surface area contributed by atoms with Gasteiger partial charge in [0.15, 0.2) is 5.78 Å². The molecule has 0 N–H and O–H groups in total. The van der Waals surface area contributed by atoms with E-state index in [1.54, 1.807) is 16.7 Å². The molecule has 0 aromatic heterocycles. The summed E-state index contributed by atoms with van der Waals surface area (Å²) in [6.07, 6.45) is -0.410. The molecule has 1 amide bonds. The van der Waals surface area contributed by atoms with Crippen LogP contribution in [0.5, 0.6) is 0 Å². The number of nitrogens with zero attached hydrogens (tertiary/aromatic N) is 1. The summed E-state index contributed by atoms with van der Waals surface area (Å²) in [6.45, 7) is 10.9. The zero-order valence-corrected chi connectivity index (χ0v) is 12.2. The van der Waals surface area contributed by atoms with Crippen molar-refractivity contribution in [1.29, 1.82) is 0 Å². The van der Waals surface area contributed by atoms with Gasteiger partial charge in [-0.25, -0.2) is 4.79 Å². The minimum absolute atomic E-state index is 0.00827. The first-order valence-electron chi connectivity index (χ1n) is 5.71. The van der Waals surface area contributed by atoms with Gasteiger partial charge in [0, 0.05) is 5.75 Å². The molecule has 1 rings (SSSR count). The van der Waals surface area contributed by atoms with Crippen molar-refractivity contribution < 1.29 is 14.3 Å². The van der Waals surface area contributed by atoms with Gasteiger partial charge in [-0.15, -0.1) is 11.8 Å². The van der Waals surface area contributed by atoms with E-state index in [0.29, 0.717) is 5.75 Å². The van der Waals surface area contributed by atoms with E-state index in [0.717, 1.165) is 0 Å². The van der Waals surface area contributed by atoms with Crippen molar-refractivity contribution in [3.8, 4) is 0 Å². The molecule has 0 bridgehead atoms. The lowest BCUT2D eigenvalue weighted by atomic mass is 10.1. The third-order valence-corrected chi connectivity index (χ3v) is 3.93. The van der Waals surface area contributed by atoms with Gasteiger partial charge in [-0.3, -0.25) is 9.69 Å². The van der Waals surface area contributed by atoms with E-state index in [1.165, 1.54) is 6.92 Å². The Bertz CT molecular complexity index is 333. The molecule has 0 aromatic rings. The smallest absolute Gasteiger partial charge is 0.412 e.